The zero-order valence-electron chi connectivity index (χ0n) is 25.6. The Balaban J connectivity index is 1.56. The molecule has 0 heterocycles. The fraction of sp³-hybridized carbons (Fsp3) is 0.879. The van der Waals surface area contributed by atoms with Gasteiger partial charge in [0.1, 0.15) is 6.10 Å². The number of rotatable bonds is 2. The van der Waals surface area contributed by atoms with Gasteiger partial charge in [0.2, 0.25) is 0 Å². The average Bonchev–Trinajstić information content (AvgIpc) is 2.80. The lowest BCUT2D eigenvalue weighted by molar-refractivity contribution is -0.214. The lowest BCUT2D eigenvalue weighted by atomic mass is 9.33. The number of carbonyl (C=O) groups excluding carboxylic acids is 2. The van der Waals surface area contributed by atoms with Crippen molar-refractivity contribution in [3.05, 3.63) is 11.6 Å². The molecule has 5 rings (SSSR count). The summed E-state index contributed by atoms with van der Waals surface area (Å²) in [5, 5.41) is 11.2. The van der Waals surface area contributed by atoms with Crippen molar-refractivity contribution in [3.63, 3.8) is 0 Å². The van der Waals surface area contributed by atoms with Crippen molar-refractivity contribution in [2.45, 2.75) is 126 Å². The van der Waals surface area contributed by atoms with Crippen LogP contribution in [0.1, 0.15) is 120 Å². The van der Waals surface area contributed by atoms with Gasteiger partial charge in [-0.3, -0.25) is 14.8 Å². The third-order valence-corrected chi connectivity index (χ3v) is 13.6. The molecule has 0 radical (unpaired) electrons. The lowest BCUT2D eigenvalue weighted by Crippen LogP contribution is -2.65. The monoisotopic (exact) mass is 527 g/mol. The number of ether oxygens (including phenoxy) is 1. The third kappa shape index (κ3) is 3.65. The van der Waals surface area contributed by atoms with E-state index >= 15 is 0 Å². The van der Waals surface area contributed by atoms with Crippen LogP contribution in [0.15, 0.2) is 11.6 Å². The van der Waals surface area contributed by atoms with E-state index < -0.39 is 5.41 Å². The van der Waals surface area contributed by atoms with Crippen LogP contribution in [0.25, 0.3) is 0 Å². The molecule has 8 atom stereocenters. The van der Waals surface area contributed by atoms with Crippen LogP contribution in [0.5, 0.6) is 0 Å². The minimum atomic E-state index is -0.473. The molecule has 0 saturated heterocycles. The topological polar surface area (TPSA) is 66.8 Å². The first kappa shape index (κ1) is 28.2. The summed E-state index contributed by atoms with van der Waals surface area (Å²) in [4.78, 5) is 25.6. The lowest BCUT2D eigenvalue weighted by Gasteiger charge is -2.71. The number of esters is 1. The van der Waals surface area contributed by atoms with Crippen LogP contribution >= 0.6 is 0 Å². The second-order valence-electron chi connectivity index (χ2n) is 16.2. The molecule has 0 aromatic heterocycles. The number of nitrogens with zero attached hydrogens (tertiary/aromatic N) is 1. The van der Waals surface area contributed by atoms with Crippen LogP contribution in [0.4, 0.5) is 0 Å². The Bertz CT molecular complexity index is 1040. The number of allylic oxidation sites excluding steroid dienone is 2. The first-order chi connectivity index (χ1) is 17.4. The Kier molecular flexibility index (Phi) is 6.36. The number of hydroxylamine groups is 2. The van der Waals surface area contributed by atoms with Crippen molar-refractivity contribution in [2.24, 2.45) is 50.2 Å². The van der Waals surface area contributed by atoms with E-state index in [1.165, 1.54) is 19.0 Å². The van der Waals surface area contributed by atoms with Gasteiger partial charge in [-0.15, -0.1) is 0 Å². The Morgan fingerprint density at radius 3 is 2.21 bits per heavy atom. The number of hydrogen-bond acceptors (Lipinski definition) is 4. The molecule has 5 aliphatic carbocycles. The van der Waals surface area contributed by atoms with Crippen LogP contribution in [0.3, 0.4) is 0 Å². The number of carbonyl (C=O) groups is 2. The summed E-state index contributed by atoms with van der Waals surface area (Å²) >= 11 is 0. The van der Waals surface area contributed by atoms with Gasteiger partial charge >= 0.3 is 5.97 Å². The smallest absolute Gasteiger partial charge is 0.302 e. The Hall–Kier alpha value is -1.36. The second-order valence-corrected chi connectivity index (χ2v) is 16.2. The van der Waals surface area contributed by atoms with Crippen LogP contribution in [-0.2, 0) is 14.3 Å². The maximum absolute atomic E-state index is 13.6. The van der Waals surface area contributed by atoms with Gasteiger partial charge in [-0.05, 0) is 104 Å². The summed E-state index contributed by atoms with van der Waals surface area (Å²) in [5.74, 6) is 1.06. The minimum Gasteiger partial charge on any atom is -0.462 e. The molecule has 1 N–H and O–H groups in total. The molecule has 0 aromatic rings. The minimum absolute atomic E-state index is 0.00559. The van der Waals surface area contributed by atoms with Crippen LogP contribution in [0.2, 0.25) is 0 Å². The number of fused-ring (bicyclic) bond motifs is 7. The van der Waals surface area contributed by atoms with Gasteiger partial charge in [0, 0.05) is 19.4 Å². The summed E-state index contributed by atoms with van der Waals surface area (Å²) in [7, 11) is 1.52. The molecule has 5 nitrogen and oxygen atoms in total. The average molecular weight is 528 g/mol. The van der Waals surface area contributed by atoms with E-state index in [0.29, 0.717) is 11.8 Å². The summed E-state index contributed by atoms with van der Waals surface area (Å²) in [6.07, 6.45) is 12.8. The van der Waals surface area contributed by atoms with Gasteiger partial charge in [-0.2, -0.15) is 0 Å². The standard InChI is InChI=1S/C33H53NO4/c1-21(35)38-26-13-14-30(6)24(29(26,4)5)12-15-32(8)25(30)11-10-22-23-20-28(2,3)16-18-33(23,27(36)34(9)37)19-17-31(22,32)7/h10,23-26,37H,11-20H2,1-9H3/t23-,24-,25+,26-,30-,31+,32+,33-/m0/s1. The van der Waals surface area contributed by atoms with Crippen molar-refractivity contribution in [2.75, 3.05) is 7.05 Å². The molecule has 1 amide bonds. The molecular formula is C33H53NO4. The molecule has 0 aromatic carbocycles. The molecule has 5 aliphatic rings. The van der Waals surface area contributed by atoms with E-state index in [-0.39, 0.29) is 51.0 Å². The first-order valence-electron chi connectivity index (χ1n) is 15.3. The van der Waals surface area contributed by atoms with Crippen LogP contribution in [0, 0.1) is 50.2 Å². The van der Waals surface area contributed by atoms with Gasteiger partial charge in [0.15, 0.2) is 0 Å². The van der Waals surface area contributed by atoms with E-state index in [1.807, 2.05) is 0 Å². The van der Waals surface area contributed by atoms with Crippen molar-refractivity contribution in [1.29, 1.82) is 0 Å². The molecule has 38 heavy (non-hydrogen) atoms. The van der Waals surface area contributed by atoms with Gasteiger partial charge in [-0.25, -0.2) is 5.06 Å². The molecule has 0 unspecified atom stereocenters. The van der Waals surface area contributed by atoms with E-state index in [1.54, 1.807) is 6.92 Å². The zero-order valence-corrected chi connectivity index (χ0v) is 25.6. The van der Waals surface area contributed by atoms with E-state index in [0.717, 1.165) is 62.9 Å². The summed E-state index contributed by atoms with van der Waals surface area (Å²) in [6.45, 7) is 18.6. The van der Waals surface area contributed by atoms with Crippen molar-refractivity contribution < 1.29 is 19.5 Å². The summed E-state index contributed by atoms with van der Waals surface area (Å²) < 4.78 is 5.89. The van der Waals surface area contributed by atoms with Gasteiger partial charge in [0.05, 0.1) is 5.41 Å². The summed E-state index contributed by atoms with van der Waals surface area (Å²) in [6, 6.07) is 0. The normalized spacial score (nSPS) is 46.8. The molecule has 0 aliphatic heterocycles. The molecular weight excluding hydrogens is 474 g/mol. The van der Waals surface area contributed by atoms with E-state index in [2.05, 4.69) is 54.5 Å². The number of amides is 1. The fourth-order valence-electron chi connectivity index (χ4n) is 11.3. The molecule has 4 saturated carbocycles. The zero-order chi connectivity index (χ0) is 28.1. The fourth-order valence-corrected chi connectivity index (χ4v) is 11.3. The van der Waals surface area contributed by atoms with Crippen LogP contribution in [-0.4, -0.2) is 35.3 Å². The van der Waals surface area contributed by atoms with Crippen LogP contribution < -0.4 is 0 Å². The third-order valence-electron chi connectivity index (χ3n) is 13.6. The van der Waals surface area contributed by atoms with E-state index in [4.69, 9.17) is 4.74 Å². The van der Waals surface area contributed by atoms with Gasteiger partial charge in [-0.1, -0.05) is 60.1 Å². The molecule has 214 valence electrons. The predicted octanol–water partition coefficient (Wildman–Crippen LogP) is 7.57. The highest BCUT2D eigenvalue weighted by atomic mass is 16.5. The maximum atomic E-state index is 13.6. The Labute approximate surface area is 231 Å². The predicted molar refractivity (Wildman–Crippen MR) is 149 cm³/mol. The second kappa shape index (κ2) is 8.57. The Morgan fingerprint density at radius 2 is 1.58 bits per heavy atom. The molecule has 4 fully saturated rings. The largest absolute Gasteiger partial charge is 0.462 e. The van der Waals surface area contributed by atoms with Gasteiger partial charge < -0.3 is 4.74 Å². The van der Waals surface area contributed by atoms with Crippen molar-refractivity contribution >= 4 is 11.9 Å². The molecule has 5 heteroatoms. The quantitative estimate of drug-likeness (QED) is 0.174. The molecule has 0 spiro atoms. The summed E-state index contributed by atoms with van der Waals surface area (Å²) in [5.41, 5.74) is 1.62. The highest BCUT2D eigenvalue weighted by molar-refractivity contribution is 5.83. The Morgan fingerprint density at radius 1 is 0.921 bits per heavy atom. The van der Waals surface area contributed by atoms with E-state index in [9.17, 15) is 14.8 Å². The number of hydrogen-bond donors (Lipinski definition) is 1. The molecule has 0 bridgehead atoms. The highest BCUT2D eigenvalue weighted by Crippen LogP contribution is 2.76. The van der Waals surface area contributed by atoms with Gasteiger partial charge in [0.25, 0.3) is 5.91 Å². The highest BCUT2D eigenvalue weighted by Gasteiger charge is 2.69. The van der Waals surface area contributed by atoms with Crippen molar-refractivity contribution in [1.82, 2.24) is 5.06 Å². The van der Waals surface area contributed by atoms with Crippen molar-refractivity contribution in [3.8, 4) is 0 Å². The first-order valence-corrected chi connectivity index (χ1v) is 15.3. The maximum Gasteiger partial charge on any atom is 0.302 e. The SMILES string of the molecule is CC(=O)O[C@H]1CC[C@]2(C)[C@H]3CC=C4[C@@H]5CC(C)(C)CC[C@]5(C(=O)N(C)O)CC[C@@]4(C)[C@]3(C)CC[C@H]2C1(C)C.